The van der Waals surface area contributed by atoms with Crippen molar-refractivity contribution in [1.82, 2.24) is 9.97 Å². The summed E-state index contributed by atoms with van der Waals surface area (Å²) < 4.78 is 15.3. The number of morpholine rings is 1. The Labute approximate surface area is 111 Å². The Hall–Kier alpha value is -1.89. The molecule has 0 radical (unpaired) electrons. The maximum absolute atomic E-state index is 11.7. The second-order valence-corrected chi connectivity index (χ2v) is 3.91. The van der Waals surface area contributed by atoms with Crippen LogP contribution in [0, 0.1) is 0 Å². The molecule has 1 aliphatic rings. The van der Waals surface area contributed by atoms with Crippen LogP contribution in [0.3, 0.4) is 0 Å². The second-order valence-electron chi connectivity index (χ2n) is 3.91. The van der Waals surface area contributed by atoms with Gasteiger partial charge in [0.2, 0.25) is 11.8 Å². The topological polar surface area (TPSA) is 73.8 Å². The van der Waals surface area contributed by atoms with Crippen LogP contribution in [0.15, 0.2) is 6.20 Å². The molecule has 19 heavy (non-hydrogen) atoms. The lowest BCUT2D eigenvalue weighted by atomic mass is 10.3. The second kappa shape index (κ2) is 6.33. The van der Waals surface area contributed by atoms with E-state index in [4.69, 9.17) is 14.2 Å². The third-order valence-electron chi connectivity index (χ3n) is 2.72. The number of rotatable bonds is 4. The van der Waals surface area contributed by atoms with Crippen LogP contribution < -0.4 is 9.64 Å². The number of anilines is 1. The number of esters is 1. The Morgan fingerprint density at radius 1 is 1.47 bits per heavy atom. The highest BCUT2D eigenvalue weighted by Crippen LogP contribution is 2.19. The van der Waals surface area contributed by atoms with E-state index in [2.05, 4.69) is 9.97 Å². The van der Waals surface area contributed by atoms with E-state index < -0.39 is 5.97 Å². The van der Waals surface area contributed by atoms with Crippen LogP contribution in [0.4, 0.5) is 5.95 Å². The van der Waals surface area contributed by atoms with Crippen LogP contribution in [0.2, 0.25) is 0 Å². The van der Waals surface area contributed by atoms with Gasteiger partial charge in [0.1, 0.15) is 5.56 Å². The van der Waals surface area contributed by atoms with Gasteiger partial charge in [0, 0.05) is 13.1 Å². The van der Waals surface area contributed by atoms with Crippen molar-refractivity contribution < 1.29 is 19.0 Å². The molecule has 0 unspecified atom stereocenters. The minimum Gasteiger partial charge on any atom is -0.480 e. The molecule has 2 heterocycles. The van der Waals surface area contributed by atoms with Crippen LogP contribution in [0.5, 0.6) is 5.88 Å². The Kier molecular flexibility index (Phi) is 4.51. The van der Waals surface area contributed by atoms with Crippen LogP contribution >= 0.6 is 0 Å². The zero-order chi connectivity index (χ0) is 13.7. The summed E-state index contributed by atoms with van der Waals surface area (Å²) in [6.07, 6.45) is 1.44. The van der Waals surface area contributed by atoms with Crippen molar-refractivity contribution in [3.05, 3.63) is 11.8 Å². The van der Waals surface area contributed by atoms with E-state index in [1.165, 1.54) is 13.3 Å². The van der Waals surface area contributed by atoms with Crippen LogP contribution in [-0.2, 0) is 9.47 Å². The highest BCUT2D eigenvalue weighted by atomic mass is 16.5. The number of aromatic nitrogens is 2. The monoisotopic (exact) mass is 267 g/mol. The van der Waals surface area contributed by atoms with Crippen LogP contribution in [0.1, 0.15) is 17.3 Å². The number of carbonyl (C=O) groups is 1. The number of nitrogens with zero attached hydrogens (tertiary/aromatic N) is 3. The van der Waals surface area contributed by atoms with Gasteiger partial charge in [-0.25, -0.2) is 9.78 Å². The molecule has 1 fully saturated rings. The van der Waals surface area contributed by atoms with E-state index in [0.717, 1.165) is 13.1 Å². The van der Waals surface area contributed by atoms with Gasteiger partial charge in [-0.15, -0.1) is 0 Å². The molecule has 0 atom stereocenters. The highest BCUT2D eigenvalue weighted by Gasteiger charge is 2.20. The summed E-state index contributed by atoms with van der Waals surface area (Å²) in [5, 5.41) is 0. The Morgan fingerprint density at radius 3 is 2.84 bits per heavy atom. The molecular formula is C12H17N3O4. The smallest absolute Gasteiger partial charge is 0.345 e. The molecular weight excluding hydrogens is 250 g/mol. The molecule has 1 aromatic rings. The maximum Gasteiger partial charge on any atom is 0.345 e. The Bertz CT molecular complexity index is 447. The minimum absolute atomic E-state index is 0.231. The van der Waals surface area contributed by atoms with Crippen molar-refractivity contribution in [2.45, 2.75) is 6.92 Å². The van der Waals surface area contributed by atoms with Crippen molar-refractivity contribution in [3.8, 4) is 5.88 Å². The van der Waals surface area contributed by atoms with E-state index >= 15 is 0 Å². The highest BCUT2D eigenvalue weighted by molar-refractivity contribution is 5.91. The first-order valence-electron chi connectivity index (χ1n) is 6.17. The first-order valence-corrected chi connectivity index (χ1v) is 6.17. The van der Waals surface area contributed by atoms with Crippen molar-refractivity contribution in [3.63, 3.8) is 0 Å². The molecule has 0 aromatic carbocycles. The summed E-state index contributed by atoms with van der Waals surface area (Å²) in [6, 6.07) is 0. The molecule has 1 saturated heterocycles. The number of hydrogen-bond donors (Lipinski definition) is 0. The zero-order valence-electron chi connectivity index (χ0n) is 11.1. The molecule has 1 aromatic heterocycles. The molecule has 7 nitrogen and oxygen atoms in total. The maximum atomic E-state index is 11.7. The molecule has 0 N–H and O–H groups in total. The lowest BCUT2D eigenvalue weighted by molar-refractivity contribution is 0.0521. The fraction of sp³-hybridized carbons (Fsp3) is 0.583. The summed E-state index contributed by atoms with van der Waals surface area (Å²) in [5.41, 5.74) is 0.237. The van der Waals surface area contributed by atoms with Crippen molar-refractivity contribution >= 4 is 11.9 Å². The molecule has 0 aliphatic carbocycles. The first kappa shape index (κ1) is 13.5. The standard InChI is InChI=1S/C12H17N3O4/c1-3-19-11(16)9-8-13-12(14-10(9)17-2)15-4-6-18-7-5-15/h8H,3-7H2,1-2H3. The van der Waals surface area contributed by atoms with Gasteiger partial charge in [-0.2, -0.15) is 4.98 Å². The summed E-state index contributed by atoms with van der Waals surface area (Å²) >= 11 is 0. The normalized spacial score (nSPS) is 15.2. The average Bonchev–Trinajstić information content (AvgIpc) is 2.47. The number of methoxy groups -OCH3 is 1. The summed E-state index contributed by atoms with van der Waals surface area (Å²) in [6.45, 7) is 4.78. The van der Waals surface area contributed by atoms with Gasteiger partial charge >= 0.3 is 5.97 Å². The predicted octanol–water partition coefficient (Wildman–Crippen LogP) is 0.498. The fourth-order valence-electron chi connectivity index (χ4n) is 1.78. The average molecular weight is 267 g/mol. The van der Waals surface area contributed by atoms with Gasteiger partial charge in [-0.3, -0.25) is 0 Å². The third-order valence-corrected chi connectivity index (χ3v) is 2.72. The molecule has 2 rings (SSSR count). The Morgan fingerprint density at radius 2 is 2.21 bits per heavy atom. The molecule has 104 valence electrons. The molecule has 0 saturated carbocycles. The largest absolute Gasteiger partial charge is 0.480 e. The molecule has 0 bridgehead atoms. The SMILES string of the molecule is CCOC(=O)c1cnc(N2CCOCC2)nc1OC. The lowest BCUT2D eigenvalue weighted by Gasteiger charge is -2.26. The van der Waals surface area contributed by atoms with Gasteiger partial charge in [0.05, 0.1) is 33.1 Å². The Balaban J connectivity index is 2.22. The first-order chi connectivity index (χ1) is 9.26. The molecule has 7 heteroatoms. The van der Waals surface area contributed by atoms with Crippen LogP contribution in [0.25, 0.3) is 0 Å². The molecule has 1 aliphatic heterocycles. The number of carbonyl (C=O) groups excluding carboxylic acids is 1. The van der Waals surface area contributed by atoms with Gasteiger partial charge in [-0.1, -0.05) is 0 Å². The van der Waals surface area contributed by atoms with Gasteiger partial charge < -0.3 is 19.1 Å². The van der Waals surface area contributed by atoms with Gasteiger partial charge in [0.15, 0.2) is 0 Å². The van der Waals surface area contributed by atoms with E-state index in [1.54, 1.807) is 6.92 Å². The summed E-state index contributed by atoms with van der Waals surface area (Å²) in [4.78, 5) is 22.1. The number of ether oxygens (including phenoxy) is 3. The van der Waals surface area contributed by atoms with Gasteiger partial charge in [-0.05, 0) is 6.92 Å². The summed E-state index contributed by atoms with van der Waals surface area (Å²) in [5.74, 6) is 0.288. The fourth-order valence-corrected chi connectivity index (χ4v) is 1.78. The van der Waals surface area contributed by atoms with Crippen LogP contribution in [-0.4, -0.2) is 56.0 Å². The minimum atomic E-state index is -0.479. The van der Waals surface area contributed by atoms with E-state index in [9.17, 15) is 4.79 Å². The van der Waals surface area contributed by atoms with Gasteiger partial charge in [0.25, 0.3) is 0 Å². The predicted molar refractivity (Wildman–Crippen MR) is 67.6 cm³/mol. The number of hydrogen-bond acceptors (Lipinski definition) is 7. The van der Waals surface area contributed by atoms with Crippen molar-refractivity contribution in [2.24, 2.45) is 0 Å². The molecule has 0 spiro atoms. The quantitative estimate of drug-likeness (QED) is 0.735. The van der Waals surface area contributed by atoms with E-state index in [-0.39, 0.29) is 11.4 Å². The van der Waals surface area contributed by atoms with E-state index in [1.807, 2.05) is 4.90 Å². The zero-order valence-corrected chi connectivity index (χ0v) is 11.1. The summed E-state index contributed by atoms with van der Waals surface area (Å²) in [7, 11) is 1.47. The van der Waals surface area contributed by atoms with Crippen molar-refractivity contribution in [2.75, 3.05) is 44.9 Å². The molecule has 0 amide bonds. The lowest BCUT2D eigenvalue weighted by Crippen LogP contribution is -2.37. The van der Waals surface area contributed by atoms with Crippen molar-refractivity contribution in [1.29, 1.82) is 0 Å². The third kappa shape index (κ3) is 3.11. The van der Waals surface area contributed by atoms with E-state index in [0.29, 0.717) is 25.8 Å².